The van der Waals surface area contributed by atoms with Crippen molar-refractivity contribution < 1.29 is 19.3 Å². The molecule has 162 valence electrons. The number of Topliss-reactive ketones (excluding diaryl/α,β-unsaturated/α-hetero) is 1. The van der Waals surface area contributed by atoms with Gasteiger partial charge < -0.3 is 10.6 Å². The minimum Gasteiger partial charge on any atom is -0.325 e. The van der Waals surface area contributed by atoms with Crippen LogP contribution in [0.2, 0.25) is 0 Å². The van der Waals surface area contributed by atoms with E-state index in [-0.39, 0.29) is 28.7 Å². The fraction of sp³-hybridized carbons (Fsp3) is 0.0870. The van der Waals surface area contributed by atoms with E-state index < -0.39 is 10.8 Å². The number of benzene rings is 3. The summed E-state index contributed by atoms with van der Waals surface area (Å²) in [4.78, 5) is 47.0. The van der Waals surface area contributed by atoms with E-state index in [9.17, 15) is 24.5 Å². The van der Waals surface area contributed by atoms with Crippen molar-refractivity contribution in [3.63, 3.8) is 0 Å². The summed E-state index contributed by atoms with van der Waals surface area (Å²) in [6.45, 7) is 1.48. The van der Waals surface area contributed by atoms with Crippen LogP contribution in [0.3, 0.4) is 0 Å². The Morgan fingerprint density at radius 2 is 1.59 bits per heavy atom. The standard InChI is InChI=1S/C23H19N3O5S/c1-15(27)16-8-10-18(11-9-16)24-22(28)14-32-21-7-3-5-19(13-21)25-23(29)17-4-2-6-20(12-17)26(30)31/h2-13H,14H2,1H3,(H,24,28)(H,25,29). The quantitative estimate of drug-likeness (QED) is 0.221. The number of nitrogens with zero attached hydrogens (tertiary/aromatic N) is 1. The molecule has 3 aromatic rings. The molecule has 32 heavy (non-hydrogen) atoms. The predicted molar refractivity (Wildman–Crippen MR) is 123 cm³/mol. The molecule has 0 radical (unpaired) electrons. The second-order valence-electron chi connectivity index (χ2n) is 6.76. The van der Waals surface area contributed by atoms with Crippen molar-refractivity contribution in [1.29, 1.82) is 0 Å². The SMILES string of the molecule is CC(=O)c1ccc(NC(=O)CSc2cccc(NC(=O)c3cccc([N+](=O)[O-])c3)c2)cc1. The molecule has 0 aliphatic rings. The first-order chi connectivity index (χ1) is 15.3. The first-order valence-electron chi connectivity index (χ1n) is 9.51. The molecule has 2 N–H and O–H groups in total. The van der Waals surface area contributed by atoms with Gasteiger partial charge in [-0.05, 0) is 55.5 Å². The van der Waals surface area contributed by atoms with Crippen LogP contribution >= 0.6 is 11.8 Å². The summed E-state index contributed by atoms with van der Waals surface area (Å²) in [5, 5.41) is 16.4. The van der Waals surface area contributed by atoms with Gasteiger partial charge in [0.25, 0.3) is 11.6 Å². The van der Waals surface area contributed by atoms with E-state index in [4.69, 9.17) is 0 Å². The maximum atomic E-state index is 12.4. The van der Waals surface area contributed by atoms with Crippen molar-refractivity contribution in [2.24, 2.45) is 0 Å². The molecular formula is C23H19N3O5S. The lowest BCUT2D eigenvalue weighted by Gasteiger charge is -2.08. The van der Waals surface area contributed by atoms with Gasteiger partial charge in [0.05, 0.1) is 10.7 Å². The first-order valence-corrected chi connectivity index (χ1v) is 10.5. The lowest BCUT2D eigenvalue weighted by Crippen LogP contribution is -2.14. The average molecular weight is 449 g/mol. The highest BCUT2D eigenvalue weighted by Gasteiger charge is 2.12. The molecule has 3 rings (SSSR count). The molecule has 0 atom stereocenters. The van der Waals surface area contributed by atoms with E-state index >= 15 is 0 Å². The number of nitro benzene ring substituents is 1. The van der Waals surface area contributed by atoms with Crippen LogP contribution in [0.25, 0.3) is 0 Å². The molecule has 0 bridgehead atoms. The van der Waals surface area contributed by atoms with Crippen LogP contribution in [-0.4, -0.2) is 28.3 Å². The number of nitrogens with one attached hydrogen (secondary N) is 2. The highest BCUT2D eigenvalue weighted by molar-refractivity contribution is 8.00. The Labute approximate surface area is 188 Å². The summed E-state index contributed by atoms with van der Waals surface area (Å²) < 4.78 is 0. The Bertz CT molecular complexity index is 1180. The molecule has 2 amide bonds. The molecule has 0 fully saturated rings. The van der Waals surface area contributed by atoms with Crippen LogP contribution in [0.4, 0.5) is 17.1 Å². The summed E-state index contributed by atoms with van der Waals surface area (Å²) >= 11 is 1.29. The first kappa shape index (κ1) is 22.7. The Hall–Kier alpha value is -3.98. The number of ketones is 1. The zero-order chi connectivity index (χ0) is 23.1. The van der Waals surface area contributed by atoms with Gasteiger partial charge in [-0.3, -0.25) is 24.5 Å². The Kier molecular flexibility index (Phi) is 7.35. The normalized spacial score (nSPS) is 10.3. The highest BCUT2D eigenvalue weighted by Crippen LogP contribution is 2.23. The molecule has 8 nitrogen and oxygen atoms in total. The minimum atomic E-state index is -0.559. The van der Waals surface area contributed by atoms with Gasteiger partial charge in [-0.1, -0.05) is 12.1 Å². The fourth-order valence-corrected chi connectivity index (χ4v) is 3.52. The van der Waals surface area contributed by atoms with E-state index in [0.29, 0.717) is 16.9 Å². The monoisotopic (exact) mass is 449 g/mol. The number of carbonyl (C=O) groups excluding carboxylic acids is 3. The van der Waals surface area contributed by atoms with E-state index in [1.807, 2.05) is 6.07 Å². The summed E-state index contributed by atoms with van der Waals surface area (Å²) in [5.74, 6) is -0.577. The molecule has 0 aliphatic heterocycles. The third-order valence-electron chi connectivity index (χ3n) is 4.36. The number of rotatable bonds is 8. The van der Waals surface area contributed by atoms with Gasteiger partial charge in [-0.25, -0.2) is 0 Å². The molecule has 3 aromatic carbocycles. The van der Waals surface area contributed by atoms with Crippen molar-refractivity contribution in [3.8, 4) is 0 Å². The molecule has 0 aliphatic carbocycles. The number of non-ortho nitro benzene ring substituents is 1. The van der Waals surface area contributed by atoms with E-state index in [1.54, 1.807) is 42.5 Å². The Morgan fingerprint density at radius 3 is 2.28 bits per heavy atom. The summed E-state index contributed by atoms with van der Waals surface area (Å²) in [7, 11) is 0. The van der Waals surface area contributed by atoms with Gasteiger partial charge in [0, 0.05) is 39.5 Å². The third-order valence-corrected chi connectivity index (χ3v) is 5.35. The molecule has 0 unspecified atom stereocenters. The number of nitro groups is 1. The number of anilines is 2. The third kappa shape index (κ3) is 6.26. The molecular weight excluding hydrogens is 430 g/mol. The molecule has 0 saturated heterocycles. The highest BCUT2D eigenvalue weighted by atomic mass is 32.2. The van der Waals surface area contributed by atoms with Gasteiger partial charge in [-0.15, -0.1) is 11.8 Å². The number of carbonyl (C=O) groups is 3. The zero-order valence-corrected chi connectivity index (χ0v) is 17.8. The fourth-order valence-electron chi connectivity index (χ4n) is 2.76. The van der Waals surface area contributed by atoms with E-state index in [0.717, 1.165) is 4.90 Å². The smallest absolute Gasteiger partial charge is 0.270 e. The maximum Gasteiger partial charge on any atom is 0.270 e. The number of hydrogen-bond acceptors (Lipinski definition) is 6. The summed E-state index contributed by atoms with van der Waals surface area (Å²) in [6.07, 6.45) is 0. The van der Waals surface area contributed by atoms with Crippen LogP contribution in [0, 0.1) is 10.1 Å². The summed E-state index contributed by atoms with van der Waals surface area (Å²) in [6, 6.07) is 19.1. The number of amides is 2. The van der Waals surface area contributed by atoms with Crippen LogP contribution in [0.1, 0.15) is 27.6 Å². The molecule has 0 spiro atoms. The minimum absolute atomic E-state index is 0.0455. The van der Waals surface area contributed by atoms with Crippen LogP contribution < -0.4 is 10.6 Å². The van der Waals surface area contributed by atoms with Crippen LogP contribution in [0.5, 0.6) is 0 Å². The molecule has 0 saturated carbocycles. The maximum absolute atomic E-state index is 12.4. The second-order valence-corrected chi connectivity index (χ2v) is 7.81. The van der Waals surface area contributed by atoms with Crippen molar-refractivity contribution in [3.05, 3.63) is 94.0 Å². The van der Waals surface area contributed by atoms with Gasteiger partial charge >= 0.3 is 0 Å². The lowest BCUT2D eigenvalue weighted by atomic mass is 10.1. The zero-order valence-electron chi connectivity index (χ0n) is 17.0. The number of thioether (sulfide) groups is 1. The van der Waals surface area contributed by atoms with Crippen molar-refractivity contribution in [1.82, 2.24) is 0 Å². The number of hydrogen-bond donors (Lipinski definition) is 2. The van der Waals surface area contributed by atoms with Crippen molar-refractivity contribution in [2.45, 2.75) is 11.8 Å². The van der Waals surface area contributed by atoms with Crippen LogP contribution in [-0.2, 0) is 4.79 Å². The molecule has 0 aromatic heterocycles. The van der Waals surface area contributed by atoms with Gasteiger partial charge in [0.15, 0.2) is 5.78 Å². The molecule has 9 heteroatoms. The van der Waals surface area contributed by atoms with Crippen molar-refractivity contribution in [2.75, 3.05) is 16.4 Å². The average Bonchev–Trinajstić information content (AvgIpc) is 2.78. The largest absolute Gasteiger partial charge is 0.325 e. The Balaban J connectivity index is 1.57. The second kappa shape index (κ2) is 10.4. The van der Waals surface area contributed by atoms with E-state index in [2.05, 4.69) is 10.6 Å². The van der Waals surface area contributed by atoms with Gasteiger partial charge in [-0.2, -0.15) is 0 Å². The van der Waals surface area contributed by atoms with Gasteiger partial charge in [0.2, 0.25) is 5.91 Å². The lowest BCUT2D eigenvalue weighted by molar-refractivity contribution is -0.384. The van der Waals surface area contributed by atoms with Gasteiger partial charge in [0.1, 0.15) is 0 Å². The van der Waals surface area contributed by atoms with Crippen molar-refractivity contribution >= 4 is 46.4 Å². The molecule has 0 heterocycles. The predicted octanol–water partition coefficient (Wildman–Crippen LogP) is 4.78. The van der Waals surface area contributed by atoms with Crippen LogP contribution in [0.15, 0.2) is 77.7 Å². The summed E-state index contributed by atoms with van der Waals surface area (Å²) in [5.41, 5.74) is 1.68. The van der Waals surface area contributed by atoms with E-state index in [1.165, 1.54) is 43.0 Å². The topological polar surface area (TPSA) is 118 Å². The Morgan fingerprint density at radius 1 is 0.875 bits per heavy atom.